The fourth-order valence-electron chi connectivity index (χ4n) is 2.02. The van der Waals surface area contributed by atoms with Gasteiger partial charge >= 0.3 is 12.1 Å². The lowest BCUT2D eigenvalue weighted by molar-refractivity contribution is -0.136. The lowest BCUT2D eigenvalue weighted by Crippen LogP contribution is -2.25. The van der Waals surface area contributed by atoms with Crippen molar-refractivity contribution in [1.29, 1.82) is 0 Å². The quantitative estimate of drug-likeness (QED) is 0.903. The molecule has 0 saturated heterocycles. The molecule has 1 atom stereocenters. The molecule has 2 N–H and O–H groups in total. The second-order valence-corrected chi connectivity index (χ2v) is 4.75. The van der Waals surface area contributed by atoms with Gasteiger partial charge in [-0.05, 0) is 19.1 Å². The Bertz CT molecular complexity index is 671. The van der Waals surface area contributed by atoms with Crippen LogP contribution in [0.5, 0.6) is 0 Å². The van der Waals surface area contributed by atoms with E-state index in [9.17, 15) is 18.0 Å². The zero-order valence-corrected chi connectivity index (χ0v) is 11.1. The number of nitrogens with one attached hydrogen (secondary N) is 1. The number of alkyl halides is 3. The van der Waals surface area contributed by atoms with Crippen LogP contribution in [0.2, 0.25) is 0 Å². The van der Waals surface area contributed by atoms with Crippen LogP contribution in [0, 0.1) is 0 Å². The predicted octanol–water partition coefficient (Wildman–Crippen LogP) is 3.69. The summed E-state index contributed by atoms with van der Waals surface area (Å²) >= 11 is 0. The second kappa shape index (κ2) is 5.59. The van der Waals surface area contributed by atoms with Crippen molar-refractivity contribution in [3.63, 3.8) is 0 Å². The van der Waals surface area contributed by atoms with Crippen molar-refractivity contribution in [1.82, 2.24) is 4.98 Å². The molecular formula is C14H13F3N2O2. The molecule has 0 spiro atoms. The van der Waals surface area contributed by atoms with Crippen LogP contribution in [0.4, 0.5) is 19.0 Å². The summed E-state index contributed by atoms with van der Waals surface area (Å²) in [4.78, 5) is 15.3. The number of aromatic carboxylic acids is 1. The Kier molecular flexibility index (Phi) is 4.02. The van der Waals surface area contributed by atoms with Gasteiger partial charge in [-0.2, -0.15) is 13.2 Å². The number of benzene rings is 1. The Labute approximate surface area is 118 Å². The van der Waals surface area contributed by atoms with Crippen LogP contribution in [-0.2, 0) is 0 Å². The van der Waals surface area contributed by atoms with E-state index in [4.69, 9.17) is 5.11 Å². The lowest BCUT2D eigenvalue weighted by atomic mass is 10.1. The van der Waals surface area contributed by atoms with Crippen molar-refractivity contribution in [2.75, 3.05) is 5.32 Å². The highest BCUT2D eigenvalue weighted by atomic mass is 19.4. The molecule has 0 aliphatic heterocycles. The molecule has 0 aliphatic rings. The number of anilines is 1. The number of hydrogen-bond donors (Lipinski definition) is 2. The van der Waals surface area contributed by atoms with Gasteiger partial charge in [0.15, 0.2) is 0 Å². The molecule has 1 unspecified atom stereocenters. The maximum absolute atomic E-state index is 12.3. The Balaban J connectivity index is 2.37. The number of fused-ring (bicyclic) bond motifs is 1. The topological polar surface area (TPSA) is 62.2 Å². The van der Waals surface area contributed by atoms with Crippen molar-refractivity contribution >= 4 is 22.7 Å². The third-order valence-corrected chi connectivity index (χ3v) is 2.88. The molecule has 112 valence electrons. The minimum atomic E-state index is -4.33. The summed E-state index contributed by atoms with van der Waals surface area (Å²) in [5.41, 5.74) is 0.368. The Morgan fingerprint density at radius 2 is 2.05 bits per heavy atom. The number of carboxylic acid groups (broad SMARTS) is 1. The number of carboxylic acids is 1. The van der Waals surface area contributed by atoms with Crippen LogP contribution in [0.15, 0.2) is 30.3 Å². The average molecular weight is 298 g/mol. The molecule has 4 nitrogen and oxygen atoms in total. The lowest BCUT2D eigenvalue weighted by Gasteiger charge is -2.18. The number of carbonyl (C=O) groups is 1. The van der Waals surface area contributed by atoms with Crippen LogP contribution >= 0.6 is 0 Å². The summed E-state index contributed by atoms with van der Waals surface area (Å²) in [5.74, 6) is -1.30. The van der Waals surface area contributed by atoms with E-state index in [0.717, 1.165) is 0 Å². The summed E-state index contributed by atoms with van der Waals surface area (Å²) in [6.07, 6.45) is -5.40. The van der Waals surface area contributed by atoms with Crippen molar-refractivity contribution in [3.8, 4) is 0 Å². The van der Waals surface area contributed by atoms with Crippen molar-refractivity contribution < 1.29 is 23.1 Å². The number of aromatic nitrogens is 1. The maximum atomic E-state index is 12.3. The number of hydrogen-bond acceptors (Lipinski definition) is 3. The highest BCUT2D eigenvalue weighted by Gasteiger charge is 2.30. The molecule has 21 heavy (non-hydrogen) atoms. The van der Waals surface area contributed by atoms with Crippen LogP contribution in [-0.4, -0.2) is 28.3 Å². The zero-order chi connectivity index (χ0) is 15.6. The predicted molar refractivity (Wildman–Crippen MR) is 72.5 cm³/mol. The standard InChI is InChI=1S/C14H13F3N2O2/c1-8(7-14(15,16)17)18-12-10(13(20)21)6-9-4-2-3-5-11(9)19-12/h2-6,8H,7H2,1H3,(H,18,19)(H,20,21). The van der Waals surface area contributed by atoms with Gasteiger partial charge in [-0.15, -0.1) is 0 Å². The number of halogens is 3. The third-order valence-electron chi connectivity index (χ3n) is 2.88. The van der Waals surface area contributed by atoms with Gasteiger partial charge in [-0.3, -0.25) is 0 Å². The smallest absolute Gasteiger partial charge is 0.391 e. The van der Waals surface area contributed by atoms with Gasteiger partial charge in [0.2, 0.25) is 0 Å². The maximum Gasteiger partial charge on any atom is 0.391 e. The summed E-state index contributed by atoms with van der Waals surface area (Å²) in [6.45, 7) is 1.33. The molecule has 0 amide bonds. The van der Waals surface area contributed by atoms with E-state index in [2.05, 4.69) is 10.3 Å². The van der Waals surface area contributed by atoms with Crippen LogP contribution in [0.1, 0.15) is 23.7 Å². The van der Waals surface area contributed by atoms with E-state index >= 15 is 0 Å². The monoisotopic (exact) mass is 298 g/mol. The van der Waals surface area contributed by atoms with Gasteiger partial charge in [-0.25, -0.2) is 9.78 Å². The van der Waals surface area contributed by atoms with E-state index in [1.165, 1.54) is 13.0 Å². The van der Waals surface area contributed by atoms with E-state index in [-0.39, 0.29) is 11.4 Å². The molecule has 0 bridgehead atoms. The fourth-order valence-corrected chi connectivity index (χ4v) is 2.02. The molecule has 0 radical (unpaired) electrons. The molecule has 0 saturated carbocycles. The molecule has 0 aliphatic carbocycles. The summed E-state index contributed by atoms with van der Waals surface area (Å²) in [7, 11) is 0. The minimum Gasteiger partial charge on any atom is -0.478 e. The zero-order valence-electron chi connectivity index (χ0n) is 11.1. The summed E-state index contributed by atoms with van der Waals surface area (Å²) in [6, 6.07) is 7.23. The molecule has 1 aromatic heterocycles. The van der Waals surface area contributed by atoms with Crippen molar-refractivity contribution in [2.45, 2.75) is 25.6 Å². The minimum absolute atomic E-state index is 0.0575. The first-order valence-electron chi connectivity index (χ1n) is 6.22. The first kappa shape index (κ1) is 15.1. The Morgan fingerprint density at radius 1 is 1.38 bits per heavy atom. The third kappa shape index (κ3) is 3.84. The molecule has 1 heterocycles. The number of para-hydroxylation sites is 1. The molecule has 1 aromatic carbocycles. The van der Waals surface area contributed by atoms with E-state index in [1.807, 2.05) is 0 Å². The SMILES string of the molecule is CC(CC(F)(F)F)Nc1nc2ccccc2cc1C(=O)O. The largest absolute Gasteiger partial charge is 0.478 e. The van der Waals surface area contributed by atoms with Gasteiger partial charge in [0, 0.05) is 11.4 Å². The van der Waals surface area contributed by atoms with Crippen LogP contribution in [0.3, 0.4) is 0 Å². The second-order valence-electron chi connectivity index (χ2n) is 4.75. The van der Waals surface area contributed by atoms with E-state index in [1.54, 1.807) is 24.3 Å². The number of pyridine rings is 1. The van der Waals surface area contributed by atoms with E-state index < -0.39 is 24.6 Å². The molecule has 2 rings (SSSR count). The van der Waals surface area contributed by atoms with Gasteiger partial charge < -0.3 is 10.4 Å². The first-order valence-corrected chi connectivity index (χ1v) is 6.22. The van der Waals surface area contributed by atoms with Crippen LogP contribution in [0.25, 0.3) is 10.9 Å². The van der Waals surface area contributed by atoms with Gasteiger partial charge in [0.25, 0.3) is 0 Å². The van der Waals surface area contributed by atoms with Crippen molar-refractivity contribution in [2.24, 2.45) is 0 Å². The summed E-state index contributed by atoms with van der Waals surface area (Å²) in [5, 5.41) is 12.3. The number of rotatable bonds is 4. The first-order chi connectivity index (χ1) is 9.76. The van der Waals surface area contributed by atoms with E-state index in [0.29, 0.717) is 10.9 Å². The van der Waals surface area contributed by atoms with Crippen molar-refractivity contribution in [3.05, 3.63) is 35.9 Å². The van der Waals surface area contributed by atoms with Crippen LogP contribution < -0.4 is 5.32 Å². The molecule has 2 aromatic rings. The van der Waals surface area contributed by atoms with Gasteiger partial charge in [-0.1, -0.05) is 18.2 Å². The highest BCUT2D eigenvalue weighted by Crippen LogP contribution is 2.25. The molecule has 7 heteroatoms. The van der Waals surface area contributed by atoms with Gasteiger partial charge in [0.1, 0.15) is 11.4 Å². The Morgan fingerprint density at radius 3 is 2.67 bits per heavy atom. The fraction of sp³-hybridized carbons (Fsp3) is 0.286. The molecule has 0 fully saturated rings. The molecular weight excluding hydrogens is 285 g/mol. The number of nitrogens with zero attached hydrogens (tertiary/aromatic N) is 1. The Hall–Kier alpha value is -2.31. The summed E-state index contributed by atoms with van der Waals surface area (Å²) < 4.78 is 37.0. The normalized spacial score (nSPS) is 13.1. The van der Waals surface area contributed by atoms with Gasteiger partial charge in [0.05, 0.1) is 11.9 Å². The average Bonchev–Trinajstić information content (AvgIpc) is 2.35. The highest BCUT2D eigenvalue weighted by molar-refractivity contribution is 5.98.